The standard InChI is InChI=1S/C13H19N3O/c14-12-3-1-2-10(8-12)9-16-13(17)11-4-6-15-7-5-11/h4-7,10,12H,1-3,8-9,14H2,(H,16,17). The molecule has 92 valence electrons. The van der Waals surface area contributed by atoms with Gasteiger partial charge in [-0.15, -0.1) is 0 Å². The van der Waals surface area contributed by atoms with Gasteiger partial charge in [0.25, 0.3) is 5.91 Å². The minimum Gasteiger partial charge on any atom is -0.352 e. The first-order chi connectivity index (χ1) is 8.25. The predicted octanol–water partition coefficient (Wildman–Crippen LogP) is 1.33. The third kappa shape index (κ3) is 3.53. The van der Waals surface area contributed by atoms with Crippen LogP contribution in [0.1, 0.15) is 36.0 Å². The number of pyridine rings is 1. The van der Waals surface area contributed by atoms with Crippen LogP contribution in [0.25, 0.3) is 0 Å². The van der Waals surface area contributed by atoms with E-state index in [-0.39, 0.29) is 5.91 Å². The molecule has 2 atom stereocenters. The summed E-state index contributed by atoms with van der Waals surface area (Å²) in [7, 11) is 0. The Hall–Kier alpha value is -1.42. The molecular formula is C13H19N3O. The van der Waals surface area contributed by atoms with Crippen LogP contribution in [-0.2, 0) is 0 Å². The normalized spacial score (nSPS) is 24.3. The zero-order valence-electron chi connectivity index (χ0n) is 9.93. The van der Waals surface area contributed by atoms with Crippen molar-refractivity contribution < 1.29 is 4.79 Å². The van der Waals surface area contributed by atoms with Crippen LogP contribution in [0.4, 0.5) is 0 Å². The summed E-state index contributed by atoms with van der Waals surface area (Å²) in [5, 5.41) is 2.97. The van der Waals surface area contributed by atoms with Crippen LogP contribution < -0.4 is 11.1 Å². The number of hydrogen-bond donors (Lipinski definition) is 2. The van der Waals surface area contributed by atoms with Gasteiger partial charge in [-0.25, -0.2) is 0 Å². The van der Waals surface area contributed by atoms with E-state index < -0.39 is 0 Å². The Bertz CT molecular complexity index is 366. The molecule has 1 fully saturated rings. The van der Waals surface area contributed by atoms with Crippen LogP contribution in [0.2, 0.25) is 0 Å². The number of aromatic nitrogens is 1. The molecular weight excluding hydrogens is 214 g/mol. The summed E-state index contributed by atoms with van der Waals surface area (Å²) >= 11 is 0. The van der Waals surface area contributed by atoms with E-state index in [4.69, 9.17) is 5.73 Å². The summed E-state index contributed by atoms with van der Waals surface area (Å²) in [6.45, 7) is 0.731. The Labute approximate surface area is 102 Å². The van der Waals surface area contributed by atoms with Gasteiger partial charge in [0.05, 0.1) is 0 Å². The quantitative estimate of drug-likeness (QED) is 0.827. The van der Waals surface area contributed by atoms with Gasteiger partial charge in [-0.3, -0.25) is 9.78 Å². The number of carbonyl (C=O) groups excluding carboxylic acids is 1. The topological polar surface area (TPSA) is 68.0 Å². The molecule has 0 aromatic carbocycles. The summed E-state index contributed by atoms with van der Waals surface area (Å²) in [6, 6.07) is 3.76. The average molecular weight is 233 g/mol. The summed E-state index contributed by atoms with van der Waals surface area (Å²) in [6.07, 6.45) is 7.75. The number of carbonyl (C=O) groups is 1. The molecule has 1 aromatic heterocycles. The van der Waals surface area contributed by atoms with E-state index >= 15 is 0 Å². The lowest BCUT2D eigenvalue weighted by Crippen LogP contribution is -2.35. The fraction of sp³-hybridized carbons (Fsp3) is 0.538. The summed E-state index contributed by atoms with van der Waals surface area (Å²) in [5.41, 5.74) is 6.59. The number of nitrogens with one attached hydrogen (secondary N) is 1. The van der Waals surface area contributed by atoms with Crippen LogP contribution in [-0.4, -0.2) is 23.5 Å². The third-order valence-corrected chi connectivity index (χ3v) is 3.32. The van der Waals surface area contributed by atoms with Crippen molar-refractivity contribution in [2.24, 2.45) is 11.7 Å². The third-order valence-electron chi connectivity index (χ3n) is 3.32. The molecule has 4 heteroatoms. The largest absolute Gasteiger partial charge is 0.352 e. The molecule has 0 spiro atoms. The smallest absolute Gasteiger partial charge is 0.251 e. The fourth-order valence-electron chi connectivity index (χ4n) is 2.36. The van der Waals surface area contributed by atoms with E-state index in [2.05, 4.69) is 10.3 Å². The highest BCUT2D eigenvalue weighted by molar-refractivity contribution is 5.93. The molecule has 17 heavy (non-hydrogen) atoms. The molecule has 2 rings (SSSR count). The number of nitrogens with two attached hydrogens (primary N) is 1. The van der Waals surface area contributed by atoms with Crippen molar-refractivity contribution in [1.29, 1.82) is 0 Å². The van der Waals surface area contributed by atoms with E-state index in [1.165, 1.54) is 12.8 Å². The summed E-state index contributed by atoms with van der Waals surface area (Å²) in [4.78, 5) is 15.7. The van der Waals surface area contributed by atoms with Crippen molar-refractivity contribution in [3.05, 3.63) is 30.1 Å². The highest BCUT2D eigenvalue weighted by Crippen LogP contribution is 2.22. The monoisotopic (exact) mass is 233 g/mol. The van der Waals surface area contributed by atoms with E-state index in [0.717, 1.165) is 19.4 Å². The zero-order chi connectivity index (χ0) is 12.1. The van der Waals surface area contributed by atoms with Crippen molar-refractivity contribution in [3.8, 4) is 0 Å². The highest BCUT2D eigenvalue weighted by atomic mass is 16.1. The van der Waals surface area contributed by atoms with E-state index in [0.29, 0.717) is 17.5 Å². The molecule has 0 radical (unpaired) electrons. The van der Waals surface area contributed by atoms with Crippen LogP contribution >= 0.6 is 0 Å². The molecule has 1 aliphatic rings. The first-order valence-electron chi connectivity index (χ1n) is 6.19. The maximum atomic E-state index is 11.8. The van der Waals surface area contributed by atoms with Gasteiger partial charge in [-0.05, 0) is 37.3 Å². The lowest BCUT2D eigenvalue weighted by Gasteiger charge is -2.26. The maximum absolute atomic E-state index is 11.8. The van der Waals surface area contributed by atoms with Crippen LogP contribution in [0, 0.1) is 5.92 Å². The Balaban J connectivity index is 1.80. The van der Waals surface area contributed by atoms with E-state index in [1.807, 2.05) is 0 Å². The molecule has 2 unspecified atom stereocenters. The lowest BCUT2D eigenvalue weighted by molar-refractivity contribution is 0.0942. The number of amides is 1. The molecule has 1 aromatic rings. The van der Waals surface area contributed by atoms with Gasteiger partial charge < -0.3 is 11.1 Å². The number of rotatable bonds is 3. The second-order valence-corrected chi connectivity index (χ2v) is 4.74. The number of nitrogens with zero attached hydrogens (tertiary/aromatic N) is 1. The minimum atomic E-state index is -0.0217. The second kappa shape index (κ2) is 5.77. The molecule has 1 aliphatic carbocycles. The van der Waals surface area contributed by atoms with Crippen molar-refractivity contribution >= 4 is 5.91 Å². The molecule has 3 N–H and O–H groups in total. The first-order valence-corrected chi connectivity index (χ1v) is 6.19. The van der Waals surface area contributed by atoms with Gasteiger partial charge in [0.2, 0.25) is 0 Å². The van der Waals surface area contributed by atoms with Crippen molar-refractivity contribution in [2.45, 2.75) is 31.7 Å². The van der Waals surface area contributed by atoms with E-state index in [1.54, 1.807) is 24.5 Å². The fourth-order valence-corrected chi connectivity index (χ4v) is 2.36. The van der Waals surface area contributed by atoms with Crippen LogP contribution in [0.3, 0.4) is 0 Å². The van der Waals surface area contributed by atoms with Crippen molar-refractivity contribution in [1.82, 2.24) is 10.3 Å². The minimum absolute atomic E-state index is 0.0217. The van der Waals surface area contributed by atoms with Gasteiger partial charge in [0.1, 0.15) is 0 Å². The van der Waals surface area contributed by atoms with Crippen molar-refractivity contribution in [3.63, 3.8) is 0 Å². The second-order valence-electron chi connectivity index (χ2n) is 4.74. The Kier molecular flexibility index (Phi) is 4.09. The Morgan fingerprint density at radius 3 is 2.88 bits per heavy atom. The molecule has 0 saturated heterocycles. The summed E-state index contributed by atoms with van der Waals surface area (Å²) in [5.74, 6) is 0.510. The van der Waals surface area contributed by atoms with Gasteiger partial charge in [-0.2, -0.15) is 0 Å². The van der Waals surface area contributed by atoms with Gasteiger partial charge in [-0.1, -0.05) is 6.42 Å². The first kappa shape index (κ1) is 12.0. The molecule has 0 bridgehead atoms. The lowest BCUT2D eigenvalue weighted by atomic mass is 9.86. The predicted molar refractivity (Wildman–Crippen MR) is 66.5 cm³/mol. The number of hydrogen-bond acceptors (Lipinski definition) is 3. The Morgan fingerprint density at radius 2 is 2.18 bits per heavy atom. The molecule has 1 saturated carbocycles. The highest BCUT2D eigenvalue weighted by Gasteiger charge is 2.19. The average Bonchev–Trinajstić information content (AvgIpc) is 2.37. The maximum Gasteiger partial charge on any atom is 0.251 e. The Morgan fingerprint density at radius 1 is 1.41 bits per heavy atom. The van der Waals surface area contributed by atoms with Crippen LogP contribution in [0.5, 0.6) is 0 Å². The SMILES string of the molecule is NC1CCCC(CNC(=O)c2ccncc2)C1. The summed E-state index contributed by atoms with van der Waals surface area (Å²) < 4.78 is 0. The molecule has 1 amide bonds. The zero-order valence-corrected chi connectivity index (χ0v) is 9.93. The van der Waals surface area contributed by atoms with Crippen molar-refractivity contribution in [2.75, 3.05) is 6.54 Å². The molecule has 1 heterocycles. The van der Waals surface area contributed by atoms with Gasteiger partial charge in [0.15, 0.2) is 0 Å². The van der Waals surface area contributed by atoms with E-state index in [9.17, 15) is 4.79 Å². The van der Waals surface area contributed by atoms with Gasteiger partial charge >= 0.3 is 0 Å². The molecule has 4 nitrogen and oxygen atoms in total. The van der Waals surface area contributed by atoms with Gasteiger partial charge in [0, 0.05) is 30.5 Å². The molecule has 0 aliphatic heterocycles. The van der Waals surface area contributed by atoms with Crippen LogP contribution in [0.15, 0.2) is 24.5 Å².